The van der Waals surface area contributed by atoms with E-state index in [0.29, 0.717) is 0 Å². The minimum atomic E-state index is -4.35. The van der Waals surface area contributed by atoms with E-state index in [0.717, 1.165) is 18.2 Å². The van der Waals surface area contributed by atoms with Crippen LogP contribution in [0.25, 0.3) is 0 Å². The highest BCUT2D eigenvalue weighted by molar-refractivity contribution is 8.13. The maximum atomic E-state index is 11.9. The van der Waals surface area contributed by atoms with Gasteiger partial charge in [0.15, 0.2) is 4.90 Å². The van der Waals surface area contributed by atoms with Crippen LogP contribution in [0, 0.1) is 15.5 Å². The summed E-state index contributed by atoms with van der Waals surface area (Å²) >= 11 is 0. The quantitative estimate of drug-likeness (QED) is 0.358. The third-order valence-corrected chi connectivity index (χ3v) is 4.36. The predicted octanol–water partition coefficient (Wildman–Crippen LogP) is 0.867. The van der Waals surface area contributed by atoms with Gasteiger partial charge in [-0.05, 0) is 26.0 Å². The molecule has 1 rings (SSSR count). The average molecular weight is 380 g/mol. The largest absolute Gasteiger partial charge is 0.481 e. The monoisotopic (exact) mass is 379 g/mol. The molecule has 0 spiro atoms. The Morgan fingerprint density at radius 3 is 2.42 bits per heavy atom. The van der Waals surface area contributed by atoms with Gasteiger partial charge in [-0.25, -0.2) is 13.8 Å². The van der Waals surface area contributed by atoms with Crippen LogP contribution in [0.4, 0.5) is 5.69 Å². The van der Waals surface area contributed by atoms with Crippen molar-refractivity contribution in [1.82, 2.24) is 10.9 Å². The fraction of sp³-hybridized carbons (Fsp3) is 0.333. The number of rotatable bonds is 7. The summed E-state index contributed by atoms with van der Waals surface area (Å²) in [7, 11) is 0.754. The molecule has 0 fully saturated rings. The Labute approximate surface area is 141 Å². The molecule has 0 radical (unpaired) electrons. The zero-order valence-corrected chi connectivity index (χ0v) is 14.1. The summed E-state index contributed by atoms with van der Waals surface area (Å²) in [4.78, 5) is 32.1. The van der Waals surface area contributed by atoms with Crippen LogP contribution in [-0.2, 0) is 13.8 Å². The van der Waals surface area contributed by atoms with Gasteiger partial charge in [0, 0.05) is 28.9 Å². The van der Waals surface area contributed by atoms with Gasteiger partial charge in [-0.3, -0.25) is 25.1 Å². The van der Waals surface area contributed by atoms with E-state index in [1.807, 2.05) is 0 Å². The fourth-order valence-corrected chi connectivity index (χ4v) is 2.51. The van der Waals surface area contributed by atoms with Crippen molar-refractivity contribution in [3.05, 3.63) is 33.9 Å². The minimum absolute atomic E-state index is 0.107. The van der Waals surface area contributed by atoms with Crippen LogP contribution in [0.2, 0.25) is 0 Å². The van der Waals surface area contributed by atoms with E-state index in [2.05, 4.69) is 10.9 Å². The molecule has 0 heterocycles. The number of nitrogens with one attached hydrogen (secondary N) is 2. The van der Waals surface area contributed by atoms with Crippen LogP contribution in [0.5, 0.6) is 0 Å². The zero-order chi connectivity index (χ0) is 18.7. The molecule has 0 unspecified atom stereocenters. The van der Waals surface area contributed by atoms with Crippen molar-refractivity contribution in [2.24, 2.45) is 5.41 Å². The van der Waals surface area contributed by atoms with Crippen molar-refractivity contribution >= 4 is 37.3 Å². The number of aliphatic carboxylic acids is 1. The predicted molar refractivity (Wildman–Crippen MR) is 83.0 cm³/mol. The van der Waals surface area contributed by atoms with E-state index >= 15 is 0 Å². The molecule has 0 saturated heterocycles. The first-order chi connectivity index (χ1) is 10.9. The van der Waals surface area contributed by atoms with Crippen molar-refractivity contribution < 1.29 is 28.0 Å². The third kappa shape index (κ3) is 4.88. The van der Waals surface area contributed by atoms with Gasteiger partial charge < -0.3 is 5.11 Å². The molecule has 0 aliphatic heterocycles. The van der Waals surface area contributed by atoms with Crippen molar-refractivity contribution in [3.63, 3.8) is 0 Å². The van der Waals surface area contributed by atoms with Crippen LogP contribution in [0.15, 0.2) is 23.1 Å². The minimum Gasteiger partial charge on any atom is -0.481 e. The Balaban J connectivity index is 2.95. The number of amides is 1. The van der Waals surface area contributed by atoms with Gasteiger partial charge in [-0.1, -0.05) is 0 Å². The van der Waals surface area contributed by atoms with Gasteiger partial charge in [0.05, 0.1) is 10.3 Å². The molecule has 3 N–H and O–H groups in total. The molecule has 1 aromatic carbocycles. The maximum absolute atomic E-state index is 11.9. The first kappa shape index (κ1) is 19.8. The number of carbonyl (C=O) groups is 2. The van der Waals surface area contributed by atoms with Gasteiger partial charge >= 0.3 is 5.97 Å². The van der Waals surface area contributed by atoms with Crippen LogP contribution in [0.1, 0.15) is 24.2 Å². The Hall–Kier alpha value is -2.24. The van der Waals surface area contributed by atoms with E-state index in [9.17, 15) is 28.1 Å². The number of halogens is 1. The molecule has 0 saturated carbocycles. The van der Waals surface area contributed by atoms with Crippen molar-refractivity contribution in [3.8, 4) is 0 Å². The van der Waals surface area contributed by atoms with Crippen molar-refractivity contribution in [2.75, 3.05) is 6.54 Å². The van der Waals surface area contributed by atoms with E-state index in [1.165, 1.54) is 13.8 Å². The number of carboxylic acid groups (broad SMARTS) is 1. The highest BCUT2D eigenvalue weighted by Crippen LogP contribution is 2.27. The van der Waals surface area contributed by atoms with Crippen molar-refractivity contribution in [2.45, 2.75) is 18.7 Å². The molecule has 1 amide bonds. The van der Waals surface area contributed by atoms with Crippen LogP contribution in [0.3, 0.4) is 0 Å². The first-order valence-electron chi connectivity index (χ1n) is 6.36. The third-order valence-electron chi connectivity index (χ3n) is 2.99. The molecule has 0 atom stereocenters. The lowest BCUT2D eigenvalue weighted by molar-refractivity contribution is -0.387. The summed E-state index contributed by atoms with van der Waals surface area (Å²) in [6.07, 6.45) is 0. The molecule has 132 valence electrons. The Kier molecular flexibility index (Phi) is 5.87. The van der Waals surface area contributed by atoms with E-state index in [1.54, 1.807) is 0 Å². The van der Waals surface area contributed by atoms with Gasteiger partial charge in [-0.15, -0.1) is 0 Å². The maximum Gasteiger partial charge on any atom is 0.310 e. The lowest BCUT2D eigenvalue weighted by Gasteiger charge is -2.19. The van der Waals surface area contributed by atoms with E-state index < -0.39 is 41.8 Å². The number of nitrogens with zero attached hydrogens (tertiary/aromatic N) is 1. The molecule has 12 heteroatoms. The highest BCUT2D eigenvalue weighted by atomic mass is 35.7. The molecule has 0 bridgehead atoms. The van der Waals surface area contributed by atoms with Crippen molar-refractivity contribution in [1.29, 1.82) is 0 Å². The fourth-order valence-electron chi connectivity index (χ4n) is 1.50. The molecule has 0 aliphatic carbocycles. The molecular weight excluding hydrogens is 366 g/mol. The first-order valence-corrected chi connectivity index (χ1v) is 8.67. The zero-order valence-electron chi connectivity index (χ0n) is 12.6. The number of carbonyl (C=O) groups excluding carboxylic acids is 1. The molecule has 0 aliphatic rings. The molecule has 1 aromatic rings. The topological polar surface area (TPSA) is 156 Å². The summed E-state index contributed by atoms with van der Waals surface area (Å²) in [5.41, 5.74) is 2.38. The molecular formula is C12H14ClN3O7S. The summed E-state index contributed by atoms with van der Waals surface area (Å²) in [5.74, 6) is -1.89. The van der Waals surface area contributed by atoms with E-state index in [-0.39, 0.29) is 12.1 Å². The Bertz CT molecular complexity index is 792. The number of carboxylic acids is 1. The number of benzene rings is 1. The normalized spacial score (nSPS) is 11.8. The Morgan fingerprint density at radius 1 is 1.38 bits per heavy atom. The van der Waals surface area contributed by atoms with Gasteiger partial charge in [0.25, 0.3) is 20.6 Å². The highest BCUT2D eigenvalue weighted by Gasteiger charge is 2.28. The second kappa shape index (κ2) is 7.11. The standard InChI is InChI=1S/C12H14ClN3O7S/c1-12(2,11(18)19)6-14-15-10(17)7-3-4-9(24(13,22)23)8(5-7)16(20)21/h3-5,14H,6H2,1-2H3,(H,15,17)(H,18,19). The van der Waals surface area contributed by atoms with Gasteiger partial charge in [0.2, 0.25) is 0 Å². The summed E-state index contributed by atoms with van der Waals surface area (Å²) in [5, 5.41) is 19.9. The number of nitro groups is 1. The number of nitro benzene ring substituents is 1. The molecule has 24 heavy (non-hydrogen) atoms. The second-order valence-corrected chi connectivity index (χ2v) is 7.91. The van der Waals surface area contributed by atoms with Gasteiger partial charge in [0.1, 0.15) is 0 Å². The van der Waals surface area contributed by atoms with Crippen LogP contribution in [-0.4, -0.2) is 36.9 Å². The summed E-state index contributed by atoms with van der Waals surface area (Å²) < 4.78 is 22.6. The van der Waals surface area contributed by atoms with E-state index in [4.69, 9.17) is 15.8 Å². The molecule has 10 nitrogen and oxygen atoms in total. The van der Waals surface area contributed by atoms with Gasteiger partial charge in [-0.2, -0.15) is 0 Å². The number of hydrogen-bond donors (Lipinski definition) is 3. The Morgan fingerprint density at radius 2 is 1.96 bits per heavy atom. The van der Waals surface area contributed by atoms with Crippen LogP contribution < -0.4 is 10.9 Å². The lowest BCUT2D eigenvalue weighted by atomic mass is 9.94. The smallest absolute Gasteiger partial charge is 0.310 e. The SMILES string of the molecule is CC(C)(CNNC(=O)c1ccc(S(=O)(=O)Cl)c([N+](=O)[O-])c1)C(=O)O. The average Bonchev–Trinajstić information content (AvgIpc) is 2.45. The summed E-state index contributed by atoms with van der Waals surface area (Å²) in [6.45, 7) is 2.75. The number of hydrogen-bond acceptors (Lipinski definition) is 7. The lowest BCUT2D eigenvalue weighted by Crippen LogP contribution is -2.45. The molecule has 0 aromatic heterocycles. The second-order valence-electron chi connectivity index (χ2n) is 5.37. The number of hydrazine groups is 1. The van der Waals surface area contributed by atoms with Crippen LogP contribution >= 0.6 is 10.7 Å². The summed E-state index contributed by atoms with van der Waals surface area (Å²) in [6, 6.07) is 2.65.